The van der Waals surface area contributed by atoms with Crippen molar-refractivity contribution in [2.75, 3.05) is 32.7 Å². The third kappa shape index (κ3) is 5.05. The van der Waals surface area contributed by atoms with Crippen LogP contribution in [0.1, 0.15) is 24.2 Å². The van der Waals surface area contributed by atoms with Crippen LogP contribution in [-0.2, 0) is 17.8 Å². The first-order valence-corrected chi connectivity index (χ1v) is 9.45. The van der Waals surface area contributed by atoms with Crippen LogP contribution in [0.25, 0.3) is 5.69 Å². The van der Waals surface area contributed by atoms with Crippen molar-refractivity contribution < 1.29 is 9.90 Å². The van der Waals surface area contributed by atoms with Crippen molar-refractivity contribution in [1.29, 1.82) is 0 Å². The number of nitrogens with zero attached hydrogens (tertiary/aromatic N) is 4. The molecule has 1 aromatic heterocycles. The fraction of sp³-hybridized carbons (Fsp3) is 0.526. The molecular weight excluding hydrogens is 346 g/mol. The summed E-state index contributed by atoms with van der Waals surface area (Å²) in [5, 5.41) is 16.6. The van der Waals surface area contributed by atoms with Crippen molar-refractivity contribution in [2.45, 2.75) is 32.7 Å². The maximum absolute atomic E-state index is 12.8. The maximum atomic E-state index is 12.8. The molecule has 1 aliphatic heterocycles. The standard InChI is InChI=1S/C19H27N5O3/c1-15-21-23(14-13-22-11-2-9-20-10-12-22)19(27)24(15)17-6-3-16(4-7-17)5-8-18(25)26/h3-4,6-7,20H,2,5,8-14H2,1H3,(H,25,26). The molecule has 2 N–H and O–H groups in total. The van der Waals surface area contributed by atoms with Gasteiger partial charge in [-0.25, -0.2) is 14.0 Å². The molecule has 0 aliphatic carbocycles. The topological polar surface area (TPSA) is 92.4 Å². The molecule has 1 aromatic carbocycles. The Kier molecular flexibility index (Phi) is 6.41. The highest BCUT2D eigenvalue weighted by Gasteiger charge is 2.14. The first kappa shape index (κ1) is 19.3. The lowest BCUT2D eigenvalue weighted by Crippen LogP contribution is -2.34. The van der Waals surface area contributed by atoms with E-state index in [1.165, 1.54) is 4.68 Å². The Bertz CT molecular complexity index is 817. The van der Waals surface area contributed by atoms with Gasteiger partial charge in [0.2, 0.25) is 0 Å². The summed E-state index contributed by atoms with van der Waals surface area (Å²) in [6.07, 6.45) is 1.70. The normalized spacial score (nSPS) is 15.6. The number of benzene rings is 1. The molecule has 8 nitrogen and oxygen atoms in total. The molecular formula is C19H27N5O3. The lowest BCUT2D eigenvalue weighted by molar-refractivity contribution is -0.136. The van der Waals surface area contributed by atoms with Gasteiger partial charge in [-0.1, -0.05) is 12.1 Å². The number of aryl methyl sites for hydroxylation is 2. The van der Waals surface area contributed by atoms with Gasteiger partial charge in [-0.15, -0.1) is 0 Å². The molecule has 2 heterocycles. The summed E-state index contributed by atoms with van der Waals surface area (Å²) in [4.78, 5) is 25.8. The van der Waals surface area contributed by atoms with Crippen LogP contribution in [0.3, 0.4) is 0 Å². The summed E-state index contributed by atoms with van der Waals surface area (Å²) in [6, 6.07) is 7.42. The van der Waals surface area contributed by atoms with E-state index >= 15 is 0 Å². The number of hydrogen-bond acceptors (Lipinski definition) is 5. The number of carbonyl (C=O) groups is 1. The molecule has 0 bridgehead atoms. The van der Waals surface area contributed by atoms with E-state index in [1.807, 2.05) is 31.2 Å². The molecule has 8 heteroatoms. The van der Waals surface area contributed by atoms with Gasteiger partial charge in [-0.05, 0) is 50.6 Å². The fourth-order valence-corrected chi connectivity index (χ4v) is 3.38. The Morgan fingerprint density at radius 2 is 1.96 bits per heavy atom. The molecule has 0 spiro atoms. The quantitative estimate of drug-likeness (QED) is 0.741. The molecule has 1 aliphatic rings. The number of aromatic nitrogens is 3. The predicted octanol–water partition coefficient (Wildman–Crippen LogP) is 0.655. The van der Waals surface area contributed by atoms with Crippen LogP contribution in [-0.4, -0.2) is 63.0 Å². The van der Waals surface area contributed by atoms with Crippen molar-refractivity contribution in [3.8, 4) is 5.69 Å². The summed E-state index contributed by atoms with van der Waals surface area (Å²) >= 11 is 0. The second-order valence-electron chi connectivity index (χ2n) is 6.89. The van der Waals surface area contributed by atoms with Crippen molar-refractivity contribution >= 4 is 5.97 Å². The van der Waals surface area contributed by atoms with Gasteiger partial charge in [0.1, 0.15) is 5.82 Å². The van der Waals surface area contributed by atoms with Crippen LogP contribution in [0.5, 0.6) is 0 Å². The lowest BCUT2D eigenvalue weighted by atomic mass is 10.1. The van der Waals surface area contributed by atoms with Gasteiger partial charge in [0.05, 0.1) is 12.2 Å². The van der Waals surface area contributed by atoms with Crippen molar-refractivity contribution in [1.82, 2.24) is 24.6 Å². The molecule has 3 rings (SSSR count). The van der Waals surface area contributed by atoms with Crippen LogP contribution in [0, 0.1) is 6.92 Å². The number of hydrogen-bond donors (Lipinski definition) is 2. The van der Waals surface area contributed by atoms with E-state index in [-0.39, 0.29) is 12.1 Å². The van der Waals surface area contributed by atoms with E-state index in [4.69, 9.17) is 5.11 Å². The Labute approximate surface area is 158 Å². The summed E-state index contributed by atoms with van der Waals surface area (Å²) < 4.78 is 3.14. The van der Waals surface area contributed by atoms with E-state index in [2.05, 4.69) is 15.3 Å². The Morgan fingerprint density at radius 3 is 2.70 bits per heavy atom. The highest BCUT2D eigenvalue weighted by Crippen LogP contribution is 2.11. The van der Waals surface area contributed by atoms with Crippen LogP contribution >= 0.6 is 0 Å². The van der Waals surface area contributed by atoms with Gasteiger partial charge in [-0.3, -0.25) is 4.79 Å². The average Bonchev–Trinajstić information content (AvgIpc) is 2.82. The SMILES string of the molecule is Cc1nn(CCN2CCCNCC2)c(=O)n1-c1ccc(CCC(=O)O)cc1. The number of aliphatic carboxylic acids is 1. The first-order chi connectivity index (χ1) is 13.0. The molecule has 0 radical (unpaired) electrons. The highest BCUT2D eigenvalue weighted by atomic mass is 16.4. The number of nitrogens with one attached hydrogen (secondary N) is 1. The van der Waals surface area contributed by atoms with Gasteiger partial charge in [0, 0.05) is 26.1 Å². The minimum absolute atomic E-state index is 0.0995. The summed E-state index contributed by atoms with van der Waals surface area (Å²) in [5.74, 6) is -0.163. The van der Waals surface area contributed by atoms with Crippen molar-refractivity contribution in [3.63, 3.8) is 0 Å². The average molecular weight is 373 g/mol. The molecule has 0 unspecified atom stereocenters. The summed E-state index contributed by atoms with van der Waals surface area (Å²) in [7, 11) is 0. The highest BCUT2D eigenvalue weighted by molar-refractivity contribution is 5.67. The van der Waals surface area contributed by atoms with E-state index in [1.54, 1.807) is 4.57 Å². The van der Waals surface area contributed by atoms with E-state index in [0.29, 0.717) is 18.8 Å². The minimum atomic E-state index is -0.812. The zero-order valence-electron chi connectivity index (χ0n) is 15.7. The van der Waals surface area contributed by atoms with Crippen LogP contribution in [0.2, 0.25) is 0 Å². The lowest BCUT2D eigenvalue weighted by Gasteiger charge is -2.18. The molecule has 0 atom stereocenters. The van der Waals surface area contributed by atoms with E-state index in [9.17, 15) is 9.59 Å². The monoisotopic (exact) mass is 373 g/mol. The number of carboxylic acid groups (broad SMARTS) is 1. The second kappa shape index (κ2) is 8.96. The van der Waals surface area contributed by atoms with Gasteiger partial charge in [0.25, 0.3) is 0 Å². The van der Waals surface area contributed by atoms with Crippen molar-refractivity contribution in [2.24, 2.45) is 0 Å². The molecule has 146 valence electrons. The van der Waals surface area contributed by atoms with Gasteiger partial charge < -0.3 is 15.3 Å². The van der Waals surface area contributed by atoms with Crippen LogP contribution in [0.15, 0.2) is 29.1 Å². The zero-order chi connectivity index (χ0) is 19.2. The maximum Gasteiger partial charge on any atom is 0.350 e. The molecule has 1 saturated heterocycles. The summed E-state index contributed by atoms with van der Waals surface area (Å²) in [6.45, 7) is 7.27. The van der Waals surface area contributed by atoms with Gasteiger partial charge in [-0.2, -0.15) is 5.10 Å². The van der Waals surface area contributed by atoms with E-state index < -0.39 is 5.97 Å². The largest absolute Gasteiger partial charge is 0.481 e. The Hall–Kier alpha value is -2.45. The zero-order valence-corrected chi connectivity index (χ0v) is 15.7. The third-order valence-corrected chi connectivity index (χ3v) is 4.88. The van der Waals surface area contributed by atoms with Crippen LogP contribution < -0.4 is 11.0 Å². The minimum Gasteiger partial charge on any atom is -0.481 e. The molecule has 0 amide bonds. The third-order valence-electron chi connectivity index (χ3n) is 4.88. The predicted molar refractivity (Wildman–Crippen MR) is 102 cm³/mol. The van der Waals surface area contributed by atoms with Gasteiger partial charge >= 0.3 is 11.7 Å². The molecule has 0 saturated carbocycles. The molecule has 1 fully saturated rings. The van der Waals surface area contributed by atoms with Gasteiger partial charge in [0.15, 0.2) is 0 Å². The van der Waals surface area contributed by atoms with Crippen molar-refractivity contribution in [3.05, 3.63) is 46.1 Å². The Morgan fingerprint density at radius 1 is 1.19 bits per heavy atom. The number of carboxylic acids is 1. The second-order valence-corrected chi connectivity index (χ2v) is 6.89. The molecule has 2 aromatic rings. The first-order valence-electron chi connectivity index (χ1n) is 9.45. The Balaban J connectivity index is 1.69. The van der Waals surface area contributed by atoms with E-state index in [0.717, 1.165) is 50.4 Å². The molecule has 27 heavy (non-hydrogen) atoms. The smallest absolute Gasteiger partial charge is 0.350 e. The summed E-state index contributed by atoms with van der Waals surface area (Å²) in [5.41, 5.74) is 1.55. The number of rotatable bonds is 7. The van der Waals surface area contributed by atoms with Crippen LogP contribution in [0.4, 0.5) is 0 Å². The fourth-order valence-electron chi connectivity index (χ4n) is 3.38.